The molecule has 114 valence electrons. The number of carbonyl (C=O) groups is 1. The van der Waals surface area contributed by atoms with Gasteiger partial charge in [0.1, 0.15) is 0 Å². The smallest absolute Gasteiger partial charge is 0.242 e. The van der Waals surface area contributed by atoms with E-state index in [1.807, 2.05) is 4.90 Å². The molecule has 0 aromatic carbocycles. The number of nitrogens with two attached hydrogens (primary N) is 1. The molecule has 19 heavy (non-hydrogen) atoms. The van der Waals surface area contributed by atoms with Gasteiger partial charge in [-0.05, 0) is 19.3 Å². The van der Waals surface area contributed by atoms with Crippen LogP contribution >= 0.6 is 12.4 Å². The van der Waals surface area contributed by atoms with Gasteiger partial charge in [-0.25, -0.2) is 0 Å². The Balaban J connectivity index is 0.00000324. The predicted octanol–water partition coefficient (Wildman–Crippen LogP) is 1.19. The van der Waals surface area contributed by atoms with Crippen LogP contribution in [-0.2, 0) is 14.3 Å². The second kappa shape index (κ2) is 9.53. The summed E-state index contributed by atoms with van der Waals surface area (Å²) in [5, 5.41) is 0. The molecule has 0 spiro atoms. The standard InChI is InChI=1S/C13H26N2O3.ClH/c1-17-10-5-8-15(9-11-18-2)12(16)13(14)6-3-4-7-13;/h3-11,14H2,1-2H3;1H. The van der Waals surface area contributed by atoms with Gasteiger partial charge in [-0.2, -0.15) is 0 Å². The van der Waals surface area contributed by atoms with Gasteiger partial charge in [0.25, 0.3) is 0 Å². The van der Waals surface area contributed by atoms with Crippen LogP contribution < -0.4 is 5.73 Å². The third-order valence-corrected chi connectivity index (χ3v) is 3.55. The number of amides is 1. The Morgan fingerprint density at radius 3 is 2.26 bits per heavy atom. The molecule has 0 aromatic heterocycles. The molecule has 0 aliphatic heterocycles. The van der Waals surface area contributed by atoms with Gasteiger partial charge < -0.3 is 20.1 Å². The minimum absolute atomic E-state index is 0. The van der Waals surface area contributed by atoms with Crippen molar-refractivity contribution in [3.8, 4) is 0 Å². The van der Waals surface area contributed by atoms with Crippen LogP contribution in [0.5, 0.6) is 0 Å². The molecule has 1 saturated carbocycles. The molecule has 5 nitrogen and oxygen atoms in total. The lowest BCUT2D eigenvalue weighted by Gasteiger charge is -2.31. The van der Waals surface area contributed by atoms with Crippen molar-refractivity contribution in [1.82, 2.24) is 4.90 Å². The zero-order valence-corrected chi connectivity index (χ0v) is 12.8. The predicted molar refractivity (Wildman–Crippen MR) is 77.6 cm³/mol. The molecule has 1 aliphatic rings. The summed E-state index contributed by atoms with van der Waals surface area (Å²) in [5.41, 5.74) is 5.58. The van der Waals surface area contributed by atoms with Crippen molar-refractivity contribution in [2.75, 3.05) is 40.5 Å². The van der Waals surface area contributed by atoms with Crippen LogP contribution in [0.25, 0.3) is 0 Å². The highest BCUT2D eigenvalue weighted by Crippen LogP contribution is 2.29. The molecule has 0 radical (unpaired) electrons. The number of hydrogen-bond donors (Lipinski definition) is 1. The van der Waals surface area contributed by atoms with Gasteiger partial charge >= 0.3 is 0 Å². The van der Waals surface area contributed by atoms with E-state index in [1.54, 1.807) is 14.2 Å². The first-order chi connectivity index (χ1) is 8.64. The second-order valence-electron chi connectivity index (χ2n) is 4.99. The van der Waals surface area contributed by atoms with Gasteiger partial charge in [0.2, 0.25) is 5.91 Å². The maximum atomic E-state index is 12.5. The molecule has 0 aromatic rings. The first-order valence-electron chi connectivity index (χ1n) is 6.70. The lowest BCUT2D eigenvalue weighted by molar-refractivity contribution is -0.137. The number of methoxy groups -OCH3 is 2. The average molecular weight is 295 g/mol. The van der Waals surface area contributed by atoms with E-state index in [9.17, 15) is 4.79 Å². The van der Waals surface area contributed by atoms with Crippen LogP contribution in [0.2, 0.25) is 0 Å². The maximum Gasteiger partial charge on any atom is 0.242 e. The molecule has 1 fully saturated rings. The molecule has 0 atom stereocenters. The summed E-state index contributed by atoms with van der Waals surface area (Å²) >= 11 is 0. The van der Waals surface area contributed by atoms with Gasteiger partial charge in [-0.15, -0.1) is 12.4 Å². The summed E-state index contributed by atoms with van der Waals surface area (Å²) in [4.78, 5) is 14.3. The maximum absolute atomic E-state index is 12.5. The van der Waals surface area contributed by atoms with E-state index in [-0.39, 0.29) is 18.3 Å². The van der Waals surface area contributed by atoms with E-state index < -0.39 is 5.54 Å². The van der Waals surface area contributed by atoms with Gasteiger partial charge in [-0.3, -0.25) is 4.79 Å². The molecule has 0 heterocycles. The van der Waals surface area contributed by atoms with Gasteiger partial charge in [0.05, 0.1) is 12.1 Å². The fraction of sp³-hybridized carbons (Fsp3) is 0.923. The number of ether oxygens (including phenoxy) is 2. The van der Waals surface area contributed by atoms with Crippen molar-refractivity contribution in [2.45, 2.75) is 37.6 Å². The number of hydrogen-bond acceptors (Lipinski definition) is 4. The lowest BCUT2D eigenvalue weighted by atomic mass is 9.97. The SMILES string of the molecule is COCCCN(CCOC)C(=O)C1(N)CCCC1.Cl. The summed E-state index contributed by atoms with van der Waals surface area (Å²) in [6.07, 6.45) is 4.55. The minimum Gasteiger partial charge on any atom is -0.385 e. The molecule has 1 aliphatic carbocycles. The van der Waals surface area contributed by atoms with Crippen LogP contribution in [0.4, 0.5) is 0 Å². The summed E-state index contributed by atoms with van der Waals surface area (Å²) in [6.45, 7) is 2.51. The van der Waals surface area contributed by atoms with E-state index in [0.29, 0.717) is 26.3 Å². The van der Waals surface area contributed by atoms with Crippen molar-refractivity contribution >= 4 is 18.3 Å². The summed E-state index contributed by atoms with van der Waals surface area (Å²) in [5.74, 6) is 0.0770. The highest BCUT2D eigenvalue weighted by Gasteiger charge is 2.39. The van der Waals surface area contributed by atoms with Crippen molar-refractivity contribution in [3.63, 3.8) is 0 Å². The van der Waals surface area contributed by atoms with Crippen LogP contribution in [0.1, 0.15) is 32.1 Å². The molecular formula is C13H27ClN2O3. The van der Waals surface area contributed by atoms with E-state index in [2.05, 4.69) is 0 Å². The number of halogens is 1. The van der Waals surface area contributed by atoms with Crippen molar-refractivity contribution in [3.05, 3.63) is 0 Å². The quantitative estimate of drug-likeness (QED) is 0.683. The highest BCUT2D eigenvalue weighted by molar-refractivity contribution is 5.86. The fourth-order valence-corrected chi connectivity index (χ4v) is 2.45. The van der Waals surface area contributed by atoms with Gasteiger partial charge in [-0.1, -0.05) is 12.8 Å². The molecular weight excluding hydrogens is 268 g/mol. The third kappa shape index (κ3) is 5.65. The Labute approximate surface area is 122 Å². The third-order valence-electron chi connectivity index (χ3n) is 3.55. The Morgan fingerprint density at radius 1 is 1.16 bits per heavy atom. The molecule has 1 rings (SSSR count). The van der Waals surface area contributed by atoms with Crippen LogP contribution in [-0.4, -0.2) is 56.9 Å². The van der Waals surface area contributed by atoms with Crippen molar-refractivity contribution in [2.24, 2.45) is 5.73 Å². The molecule has 0 saturated heterocycles. The number of carbonyl (C=O) groups excluding carboxylic acids is 1. The van der Waals surface area contributed by atoms with Gasteiger partial charge in [0.15, 0.2) is 0 Å². The summed E-state index contributed by atoms with van der Waals surface area (Å²) in [6, 6.07) is 0. The minimum atomic E-state index is -0.638. The highest BCUT2D eigenvalue weighted by atomic mass is 35.5. The molecule has 0 unspecified atom stereocenters. The zero-order valence-electron chi connectivity index (χ0n) is 12.0. The number of rotatable bonds is 8. The summed E-state index contributed by atoms with van der Waals surface area (Å²) in [7, 11) is 3.31. The molecule has 0 bridgehead atoms. The summed E-state index contributed by atoms with van der Waals surface area (Å²) < 4.78 is 10.1. The van der Waals surface area contributed by atoms with E-state index in [4.69, 9.17) is 15.2 Å². The van der Waals surface area contributed by atoms with Crippen LogP contribution in [0, 0.1) is 0 Å². The van der Waals surface area contributed by atoms with Crippen LogP contribution in [0.3, 0.4) is 0 Å². The fourth-order valence-electron chi connectivity index (χ4n) is 2.45. The number of nitrogens with zero attached hydrogens (tertiary/aromatic N) is 1. The van der Waals surface area contributed by atoms with E-state index >= 15 is 0 Å². The average Bonchev–Trinajstić information content (AvgIpc) is 2.81. The van der Waals surface area contributed by atoms with Crippen molar-refractivity contribution < 1.29 is 14.3 Å². The Morgan fingerprint density at radius 2 is 1.74 bits per heavy atom. The first kappa shape index (κ1) is 18.6. The van der Waals surface area contributed by atoms with Gasteiger partial charge in [0, 0.05) is 33.9 Å². The second-order valence-corrected chi connectivity index (χ2v) is 4.99. The Kier molecular flexibility index (Phi) is 9.35. The zero-order chi connectivity index (χ0) is 13.4. The largest absolute Gasteiger partial charge is 0.385 e. The molecule has 2 N–H and O–H groups in total. The van der Waals surface area contributed by atoms with E-state index in [0.717, 1.165) is 32.1 Å². The Bertz CT molecular complexity index is 258. The van der Waals surface area contributed by atoms with Crippen molar-refractivity contribution in [1.29, 1.82) is 0 Å². The molecule has 1 amide bonds. The lowest BCUT2D eigenvalue weighted by Crippen LogP contribution is -2.54. The molecule has 6 heteroatoms. The normalized spacial score (nSPS) is 17.0. The Hall–Kier alpha value is -0.360. The topological polar surface area (TPSA) is 64.8 Å². The monoisotopic (exact) mass is 294 g/mol. The first-order valence-corrected chi connectivity index (χ1v) is 6.70. The van der Waals surface area contributed by atoms with Crippen LogP contribution in [0.15, 0.2) is 0 Å². The van der Waals surface area contributed by atoms with E-state index in [1.165, 1.54) is 0 Å².